The van der Waals surface area contributed by atoms with Gasteiger partial charge in [-0.25, -0.2) is 0 Å². The summed E-state index contributed by atoms with van der Waals surface area (Å²) in [4.78, 5) is 11.5. The lowest BCUT2D eigenvalue weighted by molar-refractivity contribution is -0.154. The summed E-state index contributed by atoms with van der Waals surface area (Å²) in [5.41, 5.74) is 0.524. The van der Waals surface area contributed by atoms with E-state index in [1.54, 1.807) is 6.08 Å². The molecule has 1 rings (SSSR count). The van der Waals surface area contributed by atoms with Gasteiger partial charge in [0.15, 0.2) is 0 Å². The van der Waals surface area contributed by atoms with Crippen LogP contribution in [-0.4, -0.2) is 34.0 Å². The number of hydrogen-bond donors (Lipinski definition) is 2. The van der Waals surface area contributed by atoms with Crippen molar-refractivity contribution < 1.29 is 19.7 Å². The van der Waals surface area contributed by atoms with Crippen LogP contribution >= 0.6 is 0 Å². The van der Waals surface area contributed by atoms with Gasteiger partial charge in [-0.2, -0.15) is 0 Å². The smallest absolute Gasteiger partial charge is 0.306 e. The van der Waals surface area contributed by atoms with Gasteiger partial charge in [-0.3, -0.25) is 4.79 Å². The zero-order valence-corrected chi connectivity index (χ0v) is 12.2. The van der Waals surface area contributed by atoms with Gasteiger partial charge in [0.05, 0.1) is 12.2 Å². The van der Waals surface area contributed by atoms with E-state index < -0.39 is 17.8 Å². The summed E-state index contributed by atoms with van der Waals surface area (Å²) in [6, 6.07) is 0. The predicted octanol–water partition coefficient (Wildman–Crippen LogP) is 2.33. The molecular formula is C15H26O4. The number of ether oxygens (including phenoxy) is 1. The summed E-state index contributed by atoms with van der Waals surface area (Å²) in [5, 5.41) is 19.0. The average molecular weight is 270 g/mol. The molecule has 0 saturated heterocycles. The van der Waals surface area contributed by atoms with Gasteiger partial charge in [0.25, 0.3) is 0 Å². The van der Waals surface area contributed by atoms with E-state index in [0.717, 1.165) is 31.3 Å². The topological polar surface area (TPSA) is 66.8 Å². The van der Waals surface area contributed by atoms with Gasteiger partial charge >= 0.3 is 5.97 Å². The highest BCUT2D eigenvalue weighted by atomic mass is 16.6. The lowest BCUT2D eigenvalue weighted by Crippen LogP contribution is -2.23. The van der Waals surface area contributed by atoms with Crippen molar-refractivity contribution in [1.82, 2.24) is 0 Å². The first-order valence-electron chi connectivity index (χ1n) is 7.06. The number of aliphatic hydroxyl groups excluding tert-OH is 2. The van der Waals surface area contributed by atoms with Crippen LogP contribution in [0, 0.1) is 0 Å². The van der Waals surface area contributed by atoms with Crippen molar-refractivity contribution in [3.05, 3.63) is 11.6 Å². The van der Waals surface area contributed by atoms with E-state index in [2.05, 4.69) is 0 Å². The highest BCUT2D eigenvalue weighted by molar-refractivity contribution is 5.69. The minimum atomic E-state index is -0.494. The Kier molecular flexibility index (Phi) is 6.01. The highest BCUT2D eigenvalue weighted by Gasteiger charge is 2.22. The lowest BCUT2D eigenvalue weighted by atomic mass is 10.0. The third kappa shape index (κ3) is 6.73. The maximum Gasteiger partial charge on any atom is 0.306 e. The van der Waals surface area contributed by atoms with Crippen LogP contribution in [0.25, 0.3) is 0 Å². The van der Waals surface area contributed by atoms with Crippen molar-refractivity contribution >= 4 is 5.97 Å². The van der Waals surface area contributed by atoms with Crippen molar-refractivity contribution in [2.45, 2.75) is 77.1 Å². The van der Waals surface area contributed by atoms with Crippen molar-refractivity contribution in [2.75, 3.05) is 0 Å². The zero-order valence-electron chi connectivity index (χ0n) is 12.2. The highest BCUT2D eigenvalue weighted by Crippen LogP contribution is 2.24. The molecule has 0 unspecified atom stereocenters. The SMILES string of the molecule is CC(C)(C)OC(=O)CCCCCC1=C[C@H](O)C[C@@H]1O. The van der Waals surface area contributed by atoms with Gasteiger partial charge in [-0.15, -0.1) is 0 Å². The molecule has 1 aliphatic carbocycles. The molecule has 4 heteroatoms. The molecule has 0 fully saturated rings. The summed E-state index contributed by atoms with van der Waals surface area (Å²) in [5.74, 6) is -0.150. The van der Waals surface area contributed by atoms with Gasteiger partial charge < -0.3 is 14.9 Å². The number of carbonyl (C=O) groups is 1. The van der Waals surface area contributed by atoms with Crippen molar-refractivity contribution in [1.29, 1.82) is 0 Å². The van der Waals surface area contributed by atoms with E-state index in [1.165, 1.54) is 0 Å². The second kappa shape index (κ2) is 7.06. The van der Waals surface area contributed by atoms with Crippen LogP contribution in [-0.2, 0) is 9.53 Å². The Hall–Kier alpha value is -0.870. The number of esters is 1. The number of aliphatic hydroxyl groups is 2. The van der Waals surface area contributed by atoms with E-state index in [1.807, 2.05) is 20.8 Å². The van der Waals surface area contributed by atoms with Crippen LogP contribution in [0.1, 0.15) is 59.3 Å². The monoisotopic (exact) mass is 270 g/mol. The molecule has 1 aliphatic rings. The molecule has 0 aromatic carbocycles. The largest absolute Gasteiger partial charge is 0.460 e. The third-order valence-corrected chi connectivity index (χ3v) is 3.07. The zero-order chi connectivity index (χ0) is 14.5. The minimum Gasteiger partial charge on any atom is -0.460 e. The Bertz CT molecular complexity index is 328. The quantitative estimate of drug-likeness (QED) is 0.441. The molecule has 4 nitrogen and oxygen atoms in total. The van der Waals surface area contributed by atoms with E-state index in [0.29, 0.717) is 12.8 Å². The molecule has 0 aromatic rings. The van der Waals surface area contributed by atoms with Gasteiger partial charge in [-0.05, 0) is 45.6 Å². The molecule has 0 amide bonds. The van der Waals surface area contributed by atoms with Gasteiger partial charge in [-0.1, -0.05) is 12.5 Å². The first-order valence-corrected chi connectivity index (χ1v) is 7.06. The lowest BCUT2D eigenvalue weighted by Gasteiger charge is -2.19. The second-order valence-electron chi connectivity index (χ2n) is 6.21. The van der Waals surface area contributed by atoms with Crippen LogP contribution in [0.4, 0.5) is 0 Å². The van der Waals surface area contributed by atoms with Gasteiger partial charge in [0, 0.05) is 12.8 Å². The number of rotatable bonds is 6. The Morgan fingerprint density at radius 3 is 2.53 bits per heavy atom. The van der Waals surface area contributed by atoms with Gasteiger partial charge in [0.1, 0.15) is 5.60 Å². The molecule has 0 aromatic heterocycles. The molecule has 110 valence electrons. The number of carbonyl (C=O) groups excluding carboxylic acids is 1. The Labute approximate surface area is 115 Å². The average Bonchev–Trinajstić information content (AvgIpc) is 2.54. The Morgan fingerprint density at radius 2 is 2.00 bits per heavy atom. The summed E-state index contributed by atoms with van der Waals surface area (Å²) in [7, 11) is 0. The molecule has 2 atom stereocenters. The van der Waals surface area contributed by atoms with E-state index in [9.17, 15) is 15.0 Å². The molecule has 2 N–H and O–H groups in total. The first-order chi connectivity index (χ1) is 8.78. The molecule has 0 aliphatic heterocycles. The molecule has 0 bridgehead atoms. The van der Waals surface area contributed by atoms with E-state index in [4.69, 9.17) is 4.74 Å². The van der Waals surface area contributed by atoms with Crippen LogP contribution in [0.3, 0.4) is 0 Å². The standard InChI is InChI=1S/C15H26O4/c1-15(2,3)19-14(18)8-6-4-5-7-11-9-12(16)10-13(11)17/h9,12-13,16-17H,4-8,10H2,1-3H3/t12-,13-/m0/s1. The number of hydrogen-bond acceptors (Lipinski definition) is 4. The first kappa shape index (κ1) is 16.2. The molecule has 0 saturated carbocycles. The molecular weight excluding hydrogens is 244 g/mol. The van der Waals surface area contributed by atoms with Crippen molar-refractivity contribution in [2.24, 2.45) is 0 Å². The minimum absolute atomic E-state index is 0.150. The predicted molar refractivity (Wildman–Crippen MR) is 73.6 cm³/mol. The maximum absolute atomic E-state index is 11.5. The van der Waals surface area contributed by atoms with Crippen LogP contribution in [0.2, 0.25) is 0 Å². The molecule has 0 radical (unpaired) electrons. The molecule has 0 heterocycles. The van der Waals surface area contributed by atoms with Crippen LogP contribution in [0.15, 0.2) is 11.6 Å². The third-order valence-electron chi connectivity index (χ3n) is 3.07. The van der Waals surface area contributed by atoms with Crippen LogP contribution in [0.5, 0.6) is 0 Å². The number of unbranched alkanes of at least 4 members (excludes halogenated alkanes) is 2. The summed E-state index contributed by atoms with van der Waals surface area (Å²) >= 11 is 0. The summed E-state index contributed by atoms with van der Waals surface area (Å²) < 4.78 is 5.23. The molecule has 0 spiro atoms. The van der Waals surface area contributed by atoms with Crippen LogP contribution < -0.4 is 0 Å². The van der Waals surface area contributed by atoms with E-state index >= 15 is 0 Å². The molecule has 19 heavy (non-hydrogen) atoms. The normalized spacial score (nSPS) is 23.3. The fourth-order valence-electron chi connectivity index (χ4n) is 2.22. The van der Waals surface area contributed by atoms with E-state index in [-0.39, 0.29) is 5.97 Å². The fourth-order valence-corrected chi connectivity index (χ4v) is 2.22. The summed E-state index contributed by atoms with van der Waals surface area (Å²) in [6.07, 6.45) is 5.10. The Morgan fingerprint density at radius 1 is 1.32 bits per heavy atom. The van der Waals surface area contributed by atoms with Crippen molar-refractivity contribution in [3.63, 3.8) is 0 Å². The Balaban J connectivity index is 2.09. The van der Waals surface area contributed by atoms with Gasteiger partial charge in [0.2, 0.25) is 0 Å². The fraction of sp³-hybridized carbons (Fsp3) is 0.800. The second-order valence-corrected chi connectivity index (χ2v) is 6.21. The summed E-state index contributed by atoms with van der Waals surface area (Å²) in [6.45, 7) is 5.60. The maximum atomic E-state index is 11.5. The van der Waals surface area contributed by atoms with Crippen molar-refractivity contribution in [3.8, 4) is 0 Å².